The molecule has 0 aliphatic carbocycles. The van der Waals surface area contributed by atoms with E-state index < -0.39 is 0 Å². The molecule has 192 valence electrons. The molecule has 9 heteroatoms. The third kappa shape index (κ3) is 3.90. The molecule has 2 aliphatic rings. The molecule has 0 amide bonds. The van der Waals surface area contributed by atoms with E-state index in [9.17, 15) is 0 Å². The van der Waals surface area contributed by atoms with Crippen LogP contribution >= 0.6 is 11.3 Å². The van der Waals surface area contributed by atoms with Gasteiger partial charge in [0.15, 0.2) is 23.3 Å². The number of ether oxygens (including phenoxy) is 1. The quantitative estimate of drug-likeness (QED) is 0.269. The minimum atomic E-state index is -0.138. The monoisotopic (exact) mass is 531 g/mol. The maximum absolute atomic E-state index is 5.91. The average Bonchev–Trinajstić information content (AvgIpc) is 3.62. The molecule has 0 unspecified atom stereocenters. The molecule has 0 bridgehead atoms. The zero-order valence-corrected chi connectivity index (χ0v) is 22.3. The van der Waals surface area contributed by atoms with E-state index in [2.05, 4.69) is 38.8 Å². The Labute approximate surface area is 230 Å². The lowest BCUT2D eigenvalue weighted by Gasteiger charge is -2.40. The third-order valence-electron chi connectivity index (χ3n) is 6.76. The Balaban J connectivity index is 1.47. The molecule has 39 heavy (non-hydrogen) atoms. The van der Waals surface area contributed by atoms with Crippen molar-refractivity contribution in [3.63, 3.8) is 0 Å². The van der Waals surface area contributed by atoms with Crippen molar-refractivity contribution >= 4 is 45.9 Å². The molecule has 5 heterocycles. The SMILES string of the molecule is CCOc1ccccc1NC1=Nc2ccccc2N2C1=Nc1c(c(C)nn1-c1ccccn1)[C@@H]2c1cccs1. The van der Waals surface area contributed by atoms with Gasteiger partial charge in [0.05, 0.1) is 29.4 Å². The summed E-state index contributed by atoms with van der Waals surface area (Å²) in [5, 5.41) is 10.6. The number of pyridine rings is 1. The number of fused-ring (bicyclic) bond motifs is 4. The van der Waals surface area contributed by atoms with Gasteiger partial charge in [0, 0.05) is 16.6 Å². The fourth-order valence-electron chi connectivity index (χ4n) is 5.13. The van der Waals surface area contributed by atoms with E-state index in [1.807, 2.05) is 79.2 Å². The Kier molecular flexibility index (Phi) is 5.70. The van der Waals surface area contributed by atoms with Crippen molar-refractivity contribution in [1.29, 1.82) is 0 Å². The number of hydrogen-bond donors (Lipinski definition) is 1. The van der Waals surface area contributed by atoms with E-state index in [-0.39, 0.29) is 6.04 Å². The summed E-state index contributed by atoms with van der Waals surface area (Å²) >= 11 is 1.72. The second-order valence-electron chi connectivity index (χ2n) is 9.15. The van der Waals surface area contributed by atoms with Crippen molar-refractivity contribution in [3.8, 4) is 11.6 Å². The molecule has 0 fully saturated rings. The fourth-order valence-corrected chi connectivity index (χ4v) is 5.95. The predicted octanol–water partition coefficient (Wildman–Crippen LogP) is 6.83. The second kappa shape index (κ2) is 9.52. The number of aromatic nitrogens is 3. The topological polar surface area (TPSA) is 79.9 Å². The van der Waals surface area contributed by atoms with Gasteiger partial charge >= 0.3 is 0 Å². The first-order chi connectivity index (χ1) is 19.2. The molecule has 0 saturated heterocycles. The summed E-state index contributed by atoms with van der Waals surface area (Å²) < 4.78 is 7.74. The Morgan fingerprint density at radius 3 is 2.62 bits per heavy atom. The van der Waals surface area contributed by atoms with E-state index in [1.54, 1.807) is 17.5 Å². The molecule has 3 aromatic heterocycles. The summed E-state index contributed by atoms with van der Waals surface area (Å²) in [6, 6.07) is 26.0. The minimum absolute atomic E-state index is 0.138. The van der Waals surface area contributed by atoms with E-state index in [4.69, 9.17) is 19.8 Å². The van der Waals surface area contributed by atoms with Crippen molar-refractivity contribution in [2.24, 2.45) is 9.98 Å². The van der Waals surface area contributed by atoms with E-state index in [0.29, 0.717) is 24.1 Å². The second-order valence-corrected chi connectivity index (χ2v) is 10.1. The summed E-state index contributed by atoms with van der Waals surface area (Å²) in [6.45, 7) is 4.58. The lowest BCUT2D eigenvalue weighted by Crippen LogP contribution is -2.46. The first kappa shape index (κ1) is 23.4. The molecule has 8 nitrogen and oxygen atoms in total. The summed E-state index contributed by atoms with van der Waals surface area (Å²) in [7, 11) is 0. The first-order valence-electron chi connectivity index (χ1n) is 12.8. The van der Waals surface area contributed by atoms with Crippen molar-refractivity contribution in [2.75, 3.05) is 16.8 Å². The van der Waals surface area contributed by atoms with E-state index >= 15 is 0 Å². The highest BCUT2D eigenvalue weighted by Gasteiger charge is 2.42. The fraction of sp³-hybridized carbons (Fsp3) is 0.133. The van der Waals surface area contributed by atoms with Crippen LogP contribution in [0.5, 0.6) is 5.75 Å². The lowest BCUT2D eigenvalue weighted by molar-refractivity contribution is 0.342. The van der Waals surface area contributed by atoms with Crippen molar-refractivity contribution in [1.82, 2.24) is 14.8 Å². The summed E-state index contributed by atoms with van der Waals surface area (Å²) in [5.41, 5.74) is 4.65. The molecular weight excluding hydrogens is 506 g/mol. The summed E-state index contributed by atoms with van der Waals surface area (Å²) in [6.07, 6.45) is 1.77. The van der Waals surface area contributed by atoms with Gasteiger partial charge in [-0.05, 0) is 61.7 Å². The van der Waals surface area contributed by atoms with Crippen LogP contribution in [-0.2, 0) is 0 Å². The molecule has 2 aliphatic heterocycles. The number of aryl methyl sites for hydroxylation is 1. The molecule has 0 spiro atoms. The van der Waals surface area contributed by atoms with Gasteiger partial charge in [-0.25, -0.2) is 15.0 Å². The molecule has 0 saturated carbocycles. The van der Waals surface area contributed by atoms with E-state index in [1.165, 1.54) is 4.88 Å². The maximum atomic E-state index is 5.91. The van der Waals surface area contributed by atoms with Gasteiger partial charge in [-0.1, -0.05) is 36.4 Å². The van der Waals surface area contributed by atoms with Gasteiger partial charge in [-0.15, -0.1) is 11.3 Å². The molecule has 0 radical (unpaired) electrons. The number of amidine groups is 2. The first-order valence-corrected chi connectivity index (χ1v) is 13.7. The molecule has 1 N–H and O–H groups in total. The largest absolute Gasteiger partial charge is 0.492 e. The number of aliphatic imine (C=N–C) groups is 2. The lowest BCUT2D eigenvalue weighted by atomic mass is 9.98. The molecule has 7 rings (SSSR count). The number of benzene rings is 2. The highest BCUT2D eigenvalue weighted by molar-refractivity contribution is 7.10. The Morgan fingerprint density at radius 2 is 1.79 bits per heavy atom. The molecular formula is C30H25N7OS. The van der Waals surface area contributed by atoms with Gasteiger partial charge in [0.25, 0.3) is 0 Å². The van der Waals surface area contributed by atoms with Crippen LogP contribution in [0.4, 0.5) is 22.9 Å². The number of anilines is 2. The number of nitrogens with one attached hydrogen (secondary N) is 1. The van der Waals surface area contributed by atoms with Crippen LogP contribution in [-0.4, -0.2) is 33.0 Å². The zero-order chi connectivity index (χ0) is 26.3. The standard InChI is InChI=1S/C30H25N7OS/c1-3-38-23-14-7-5-12-21(23)33-28-30-34-29-26(19(2)35-37(29)25-16-8-9-17-31-25)27(24-15-10-18-39-24)36(30)22-13-6-4-11-20(22)32-28/h4-18,27H,3H2,1-2H3,(H,32,33)/t27-/m0/s1. The third-order valence-corrected chi connectivity index (χ3v) is 7.68. The predicted molar refractivity (Wildman–Crippen MR) is 157 cm³/mol. The molecule has 5 aromatic rings. The van der Waals surface area contributed by atoms with Crippen LogP contribution in [0.1, 0.15) is 29.1 Å². The van der Waals surface area contributed by atoms with Crippen molar-refractivity contribution in [2.45, 2.75) is 19.9 Å². The molecule has 1 atom stereocenters. The van der Waals surface area contributed by atoms with Crippen LogP contribution in [0, 0.1) is 6.92 Å². The van der Waals surface area contributed by atoms with Gasteiger partial charge in [-0.3, -0.25) is 0 Å². The van der Waals surface area contributed by atoms with Gasteiger partial charge in [-0.2, -0.15) is 9.78 Å². The minimum Gasteiger partial charge on any atom is -0.492 e. The van der Waals surface area contributed by atoms with Crippen molar-refractivity contribution in [3.05, 3.63) is 107 Å². The van der Waals surface area contributed by atoms with Gasteiger partial charge in [0.1, 0.15) is 11.8 Å². The number of hydrogen-bond acceptors (Lipinski definition) is 8. The average molecular weight is 532 g/mol. The van der Waals surface area contributed by atoms with Crippen LogP contribution in [0.25, 0.3) is 5.82 Å². The highest BCUT2D eigenvalue weighted by Crippen LogP contribution is 2.49. The zero-order valence-electron chi connectivity index (χ0n) is 21.4. The number of thiophene rings is 1. The van der Waals surface area contributed by atoms with Gasteiger partial charge in [0.2, 0.25) is 0 Å². The van der Waals surface area contributed by atoms with Crippen LogP contribution in [0.2, 0.25) is 0 Å². The summed E-state index contributed by atoms with van der Waals surface area (Å²) in [4.78, 5) is 18.4. The van der Waals surface area contributed by atoms with Crippen LogP contribution in [0.3, 0.4) is 0 Å². The molecule has 2 aromatic carbocycles. The maximum Gasteiger partial charge on any atom is 0.179 e. The normalized spacial score (nSPS) is 15.5. The van der Waals surface area contributed by atoms with Crippen LogP contribution in [0.15, 0.2) is 100 Å². The van der Waals surface area contributed by atoms with Crippen LogP contribution < -0.4 is 15.0 Å². The Hall–Kier alpha value is -4.76. The van der Waals surface area contributed by atoms with Gasteiger partial charge < -0.3 is 15.0 Å². The van der Waals surface area contributed by atoms with E-state index in [0.717, 1.165) is 39.9 Å². The Morgan fingerprint density at radius 1 is 0.949 bits per heavy atom. The smallest absolute Gasteiger partial charge is 0.179 e. The van der Waals surface area contributed by atoms with Crippen molar-refractivity contribution < 1.29 is 4.74 Å². The number of rotatable bonds is 5. The Bertz CT molecular complexity index is 1720. The highest BCUT2D eigenvalue weighted by atomic mass is 32.1. The number of para-hydroxylation sites is 4. The summed E-state index contributed by atoms with van der Waals surface area (Å²) in [5.74, 6) is 3.58. The number of nitrogens with zero attached hydrogens (tertiary/aromatic N) is 6.